The van der Waals surface area contributed by atoms with Crippen LogP contribution in [0.25, 0.3) is 0 Å². The molecular weight excluding hydrogens is 176 g/mol. The van der Waals surface area contributed by atoms with E-state index in [9.17, 15) is 9.90 Å². The fourth-order valence-corrected chi connectivity index (χ4v) is 1.18. The largest absolute Gasteiger partial charge is 0.387 e. The minimum Gasteiger partial charge on any atom is -0.387 e. The van der Waals surface area contributed by atoms with Gasteiger partial charge in [-0.05, 0) is 13.8 Å². The van der Waals surface area contributed by atoms with Gasteiger partial charge in [0, 0.05) is 0 Å². The van der Waals surface area contributed by atoms with Crippen molar-refractivity contribution in [1.82, 2.24) is 0 Å². The summed E-state index contributed by atoms with van der Waals surface area (Å²) in [7, 11) is 0. The highest BCUT2D eigenvalue weighted by Gasteiger charge is 2.39. The van der Waals surface area contributed by atoms with Gasteiger partial charge in [-0.3, -0.25) is 0 Å². The van der Waals surface area contributed by atoms with Gasteiger partial charge in [0.05, 0.1) is 6.61 Å². The summed E-state index contributed by atoms with van der Waals surface area (Å²) in [5, 5.41) is 18.4. The molecule has 3 atom stereocenters. The minimum atomic E-state index is -1.41. The van der Waals surface area contributed by atoms with Crippen LogP contribution in [0.1, 0.15) is 13.8 Å². The first-order valence-electron chi connectivity index (χ1n) is 4.09. The molecule has 0 amide bonds. The average molecular weight is 190 g/mol. The van der Waals surface area contributed by atoms with Crippen molar-refractivity contribution in [1.29, 1.82) is 0 Å². The van der Waals surface area contributed by atoms with Crippen LogP contribution in [-0.2, 0) is 14.3 Å². The van der Waals surface area contributed by atoms with Crippen molar-refractivity contribution in [2.75, 3.05) is 6.61 Å². The van der Waals surface area contributed by atoms with Gasteiger partial charge in [-0.2, -0.15) is 0 Å². The molecule has 0 saturated carbocycles. The Kier molecular flexibility index (Phi) is 3.02. The number of ether oxygens (including phenoxy) is 2. The summed E-state index contributed by atoms with van der Waals surface area (Å²) in [4.78, 5) is 10.2. The van der Waals surface area contributed by atoms with Crippen LogP contribution in [-0.4, -0.2) is 47.2 Å². The zero-order valence-corrected chi connectivity index (χ0v) is 7.64. The Morgan fingerprint density at radius 1 is 1.54 bits per heavy atom. The number of aliphatic hydroxyl groups is 2. The van der Waals surface area contributed by atoms with E-state index in [2.05, 4.69) is 0 Å². The summed E-state index contributed by atoms with van der Waals surface area (Å²) in [6.45, 7) is 3.58. The summed E-state index contributed by atoms with van der Waals surface area (Å²) in [5.41, 5.74) is 0. The molecule has 0 aromatic rings. The van der Waals surface area contributed by atoms with Crippen LogP contribution < -0.4 is 0 Å². The highest BCUT2D eigenvalue weighted by Crippen LogP contribution is 2.24. The molecule has 0 aromatic heterocycles. The topological polar surface area (TPSA) is 76.0 Å². The lowest BCUT2D eigenvalue weighted by Gasteiger charge is -2.21. The van der Waals surface area contributed by atoms with Crippen LogP contribution in [0.15, 0.2) is 0 Å². The van der Waals surface area contributed by atoms with Crippen molar-refractivity contribution in [2.45, 2.75) is 37.9 Å². The standard InChI is InChI=1S/C8H14O5/c1-8(2)12-4-6(13-8)7(11)5(10)3-9/h3,5-7,10-11H,4H2,1-2H3/t5-,6+,7-/m0/s1. The Morgan fingerprint density at radius 3 is 2.54 bits per heavy atom. The maximum atomic E-state index is 10.2. The van der Waals surface area contributed by atoms with E-state index in [1.165, 1.54) is 0 Å². The first-order chi connectivity index (χ1) is 5.96. The molecule has 76 valence electrons. The summed E-state index contributed by atoms with van der Waals surface area (Å²) >= 11 is 0. The van der Waals surface area contributed by atoms with Crippen LogP contribution in [0.4, 0.5) is 0 Å². The Hall–Kier alpha value is -0.490. The number of carbonyl (C=O) groups is 1. The number of aliphatic hydroxyl groups excluding tert-OH is 2. The molecule has 1 rings (SSSR count). The molecular formula is C8H14O5. The summed E-state index contributed by atoms with van der Waals surface area (Å²) < 4.78 is 10.4. The maximum absolute atomic E-state index is 10.2. The molecule has 1 fully saturated rings. The van der Waals surface area contributed by atoms with Crippen LogP contribution in [0, 0.1) is 0 Å². The van der Waals surface area contributed by atoms with Gasteiger partial charge in [0.25, 0.3) is 0 Å². The zero-order valence-electron chi connectivity index (χ0n) is 7.64. The van der Waals surface area contributed by atoms with Gasteiger partial charge in [0.1, 0.15) is 18.3 Å². The summed E-state index contributed by atoms with van der Waals surface area (Å²) in [6.07, 6.45) is -3.00. The third-order valence-corrected chi connectivity index (χ3v) is 1.90. The average Bonchev–Trinajstić information content (AvgIpc) is 2.43. The van der Waals surface area contributed by atoms with Crippen LogP contribution in [0.2, 0.25) is 0 Å². The lowest BCUT2D eigenvalue weighted by atomic mass is 10.1. The number of hydrogen-bond donors (Lipinski definition) is 2. The second kappa shape index (κ2) is 3.71. The van der Waals surface area contributed by atoms with E-state index in [1.54, 1.807) is 13.8 Å². The van der Waals surface area contributed by atoms with E-state index >= 15 is 0 Å². The summed E-state index contributed by atoms with van der Waals surface area (Å²) in [5.74, 6) is -0.756. The first-order valence-corrected chi connectivity index (χ1v) is 4.09. The molecule has 5 nitrogen and oxygen atoms in total. The first kappa shape index (κ1) is 10.6. The maximum Gasteiger partial charge on any atom is 0.163 e. The lowest BCUT2D eigenvalue weighted by molar-refractivity contribution is -0.161. The fraction of sp³-hybridized carbons (Fsp3) is 0.875. The molecule has 5 heteroatoms. The smallest absolute Gasteiger partial charge is 0.163 e. The molecule has 0 aromatic carbocycles. The van der Waals surface area contributed by atoms with Crippen LogP contribution in [0.5, 0.6) is 0 Å². The summed E-state index contributed by atoms with van der Waals surface area (Å²) in [6, 6.07) is 0. The molecule has 1 saturated heterocycles. The number of rotatable bonds is 3. The third-order valence-electron chi connectivity index (χ3n) is 1.90. The van der Waals surface area contributed by atoms with Gasteiger partial charge in [-0.1, -0.05) is 0 Å². The molecule has 0 spiro atoms. The van der Waals surface area contributed by atoms with Crippen LogP contribution >= 0.6 is 0 Å². The van der Waals surface area contributed by atoms with Crippen molar-refractivity contribution >= 4 is 6.29 Å². The number of carbonyl (C=O) groups excluding carboxylic acids is 1. The highest BCUT2D eigenvalue weighted by atomic mass is 16.7. The van der Waals surface area contributed by atoms with E-state index in [1.807, 2.05) is 0 Å². The van der Waals surface area contributed by atoms with Gasteiger partial charge in [-0.25, -0.2) is 0 Å². The van der Waals surface area contributed by atoms with Crippen molar-refractivity contribution in [2.24, 2.45) is 0 Å². The number of hydrogen-bond acceptors (Lipinski definition) is 5. The van der Waals surface area contributed by atoms with Crippen molar-refractivity contribution in [3.05, 3.63) is 0 Å². The Labute approximate surface area is 76.3 Å². The molecule has 0 aliphatic carbocycles. The quantitative estimate of drug-likeness (QED) is 0.562. The molecule has 0 bridgehead atoms. The zero-order chi connectivity index (χ0) is 10.1. The molecule has 1 aliphatic heterocycles. The Morgan fingerprint density at radius 2 is 2.15 bits per heavy atom. The molecule has 1 heterocycles. The minimum absolute atomic E-state index is 0.180. The highest BCUT2D eigenvalue weighted by molar-refractivity contribution is 5.56. The van der Waals surface area contributed by atoms with Crippen molar-refractivity contribution < 1.29 is 24.5 Å². The molecule has 1 aliphatic rings. The van der Waals surface area contributed by atoms with E-state index in [0.29, 0.717) is 0 Å². The van der Waals surface area contributed by atoms with Crippen LogP contribution in [0.3, 0.4) is 0 Å². The predicted octanol–water partition coefficient (Wildman–Crippen LogP) is -0.941. The Balaban J connectivity index is 2.51. The molecule has 0 unspecified atom stereocenters. The fourth-order valence-electron chi connectivity index (χ4n) is 1.18. The molecule has 2 N–H and O–H groups in total. The van der Waals surface area contributed by atoms with E-state index < -0.39 is 24.1 Å². The van der Waals surface area contributed by atoms with Gasteiger partial charge >= 0.3 is 0 Å². The van der Waals surface area contributed by atoms with Gasteiger partial charge in [0.15, 0.2) is 12.1 Å². The second-order valence-electron chi connectivity index (χ2n) is 3.48. The molecule has 0 radical (unpaired) electrons. The normalized spacial score (nSPS) is 31.2. The van der Waals surface area contributed by atoms with E-state index in [4.69, 9.17) is 14.6 Å². The van der Waals surface area contributed by atoms with Gasteiger partial charge in [0.2, 0.25) is 0 Å². The third kappa shape index (κ3) is 2.47. The van der Waals surface area contributed by atoms with Gasteiger partial charge in [-0.15, -0.1) is 0 Å². The SMILES string of the molecule is CC1(C)OC[C@H]([C@@H](O)[C@@H](O)C=O)O1. The van der Waals surface area contributed by atoms with Crippen molar-refractivity contribution in [3.8, 4) is 0 Å². The second-order valence-corrected chi connectivity index (χ2v) is 3.48. The number of aldehydes is 1. The monoisotopic (exact) mass is 190 g/mol. The Bertz CT molecular complexity index is 191. The predicted molar refractivity (Wildman–Crippen MR) is 43.0 cm³/mol. The van der Waals surface area contributed by atoms with E-state index in [-0.39, 0.29) is 12.9 Å². The van der Waals surface area contributed by atoms with Crippen molar-refractivity contribution in [3.63, 3.8) is 0 Å². The van der Waals surface area contributed by atoms with E-state index in [0.717, 1.165) is 0 Å². The van der Waals surface area contributed by atoms with Gasteiger partial charge < -0.3 is 24.5 Å². The molecule has 13 heavy (non-hydrogen) atoms. The lowest BCUT2D eigenvalue weighted by Crippen LogP contribution is -2.40.